The maximum atomic E-state index is 12.0. The van der Waals surface area contributed by atoms with Gasteiger partial charge in [-0.3, -0.25) is 4.79 Å². The third-order valence-electron chi connectivity index (χ3n) is 3.04. The molecule has 0 aromatic heterocycles. The van der Waals surface area contributed by atoms with Gasteiger partial charge in [-0.1, -0.05) is 19.9 Å². The molecule has 0 heterocycles. The number of aliphatic hydroxyl groups excluding tert-OH is 1. The van der Waals surface area contributed by atoms with Crippen molar-refractivity contribution in [1.82, 2.24) is 5.32 Å². The predicted molar refractivity (Wildman–Crippen MR) is 80.0 cm³/mol. The second-order valence-corrected chi connectivity index (χ2v) is 5.06. The van der Waals surface area contributed by atoms with Crippen molar-refractivity contribution in [3.05, 3.63) is 29.8 Å². The first kappa shape index (κ1) is 16.5. The highest BCUT2D eigenvalue weighted by Gasteiger charge is 2.06. The van der Waals surface area contributed by atoms with Crippen LogP contribution in [0.1, 0.15) is 43.5 Å². The number of carbonyl (C=O) groups excluding carboxylic acids is 1. The Kier molecular flexibility index (Phi) is 7.73. The van der Waals surface area contributed by atoms with Crippen LogP contribution in [0, 0.1) is 5.92 Å². The lowest BCUT2D eigenvalue weighted by atomic mass is 10.1. The van der Waals surface area contributed by atoms with Crippen LogP contribution in [0.2, 0.25) is 0 Å². The van der Waals surface area contributed by atoms with E-state index in [1.54, 1.807) is 12.1 Å². The lowest BCUT2D eigenvalue weighted by molar-refractivity contribution is 0.0951. The Hall–Kier alpha value is -1.55. The van der Waals surface area contributed by atoms with Crippen LogP contribution < -0.4 is 10.1 Å². The lowest BCUT2D eigenvalue weighted by Crippen LogP contribution is -2.24. The molecule has 0 saturated heterocycles. The maximum Gasteiger partial charge on any atom is 0.251 e. The first-order valence-corrected chi connectivity index (χ1v) is 7.29. The van der Waals surface area contributed by atoms with Gasteiger partial charge < -0.3 is 15.2 Å². The highest BCUT2D eigenvalue weighted by Crippen LogP contribution is 2.13. The Balaban J connectivity index is 2.39. The number of aliphatic hydroxyl groups is 1. The number of amides is 1. The van der Waals surface area contributed by atoms with Gasteiger partial charge in [0.1, 0.15) is 5.75 Å². The van der Waals surface area contributed by atoms with Gasteiger partial charge in [0.25, 0.3) is 5.91 Å². The first-order valence-electron chi connectivity index (χ1n) is 7.29. The molecular weight excluding hydrogens is 254 g/mol. The highest BCUT2D eigenvalue weighted by atomic mass is 16.5. The zero-order chi connectivity index (χ0) is 14.8. The molecule has 112 valence electrons. The van der Waals surface area contributed by atoms with E-state index in [0.717, 1.165) is 25.0 Å². The van der Waals surface area contributed by atoms with Crippen LogP contribution in [0.25, 0.3) is 0 Å². The van der Waals surface area contributed by atoms with Crippen LogP contribution in [0.4, 0.5) is 0 Å². The van der Waals surface area contributed by atoms with Crippen molar-refractivity contribution in [2.75, 3.05) is 19.8 Å². The molecule has 0 spiro atoms. The molecule has 2 N–H and O–H groups in total. The van der Waals surface area contributed by atoms with Crippen molar-refractivity contribution in [3.8, 4) is 5.75 Å². The Labute approximate surface area is 121 Å². The van der Waals surface area contributed by atoms with Gasteiger partial charge in [0.15, 0.2) is 0 Å². The first-order chi connectivity index (χ1) is 9.67. The zero-order valence-electron chi connectivity index (χ0n) is 12.4. The Morgan fingerprint density at radius 1 is 1.45 bits per heavy atom. The van der Waals surface area contributed by atoms with Crippen LogP contribution in [-0.2, 0) is 0 Å². The van der Waals surface area contributed by atoms with Crippen molar-refractivity contribution in [3.63, 3.8) is 0 Å². The summed E-state index contributed by atoms with van der Waals surface area (Å²) in [4.78, 5) is 12.0. The van der Waals surface area contributed by atoms with E-state index in [9.17, 15) is 4.79 Å². The van der Waals surface area contributed by atoms with E-state index < -0.39 is 0 Å². The maximum absolute atomic E-state index is 12.0. The number of ether oxygens (including phenoxy) is 1. The summed E-state index contributed by atoms with van der Waals surface area (Å²) >= 11 is 0. The van der Waals surface area contributed by atoms with E-state index >= 15 is 0 Å². The van der Waals surface area contributed by atoms with E-state index in [1.807, 2.05) is 26.0 Å². The minimum absolute atomic E-state index is 0.0800. The fourth-order valence-corrected chi connectivity index (χ4v) is 1.79. The van der Waals surface area contributed by atoms with Crippen LogP contribution in [0.3, 0.4) is 0 Å². The Morgan fingerprint density at radius 2 is 2.25 bits per heavy atom. The van der Waals surface area contributed by atoms with Crippen molar-refractivity contribution in [2.24, 2.45) is 5.92 Å². The van der Waals surface area contributed by atoms with Gasteiger partial charge in [0, 0.05) is 18.7 Å². The molecular formula is C16H25NO3. The molecule has 0 bridgehead atoms. The molecule has 0 radical (unpaired) electrons. The smallest absolute Gasteiger partial charge is 0.251 e. The molecule has 20 heavy (non-hydrogen) atoms. The lowest BCUT2D eigenvalue weighted by Gasteiger charge is -2.09. The molecule has 1 amide bonds. The van der Waals surface area contributed by atoms with Crippen molar-refractivity contribution < 1.29 is 14.6 Å². The summed E-state index contributed by atoms with van der Waals surface area (Å²) in [6.07, 6.45) is 2.73. The van der Waals surface area contributed by atoms with Crippen LogP contribution in [0.5, 0.6) is 5.75 Å². The monoisotopic (exact) mass is 279 g/mol. The second kappa shape index (κ2) is 9.37. The fourth-order valence-electron chi connectivity index (χ4n) is 1.79. The molecule has 1 aromatic rings. The SMILES string of the molecule is CCCOc1cccc(C(=O)NCCCC(C)CO)c1. The normalized spacial score (nSPS) is 11.9. The molecule has 0 saturated carbocycles. The number of hydrogen-bond acceptors (Lipinski definition) is 3. The number of benzene rings is 1. The zero-order valence-corrected chi connectivity index (χ0v) is 12.4. The summed E-state index contributed by atoms with van der Waals surface area (Å²) in [6, 6.07) is 7.23. The molecule has 1 unspecified atom stereocenters. The molecule has 0 fully saturated rings. The Bertz CT molecular complexity index is 406. The van der Waals surface area contributed by atoms with Gasteiger partial charge in [-0.05, 0) is 43.4 Å². The van der Waals surface area contributed by atoms with E-state index in [2.05, 4.69) is 5.32 Å². The third-order valence-corrected chi connectivity index (χ3v) is 3.04. The average molecular weight is 279 g/mol. The quantitative estimate of drug-likeness (QED) is 0.683. The van der Waals surface area contributed by atoms with Gasteiger partial charge >= 0.3 is 0 Å². The van der Waals surface area contributed by atoms with E-state index in [4.69, 9.17) is 9.84 Å². The Morgan fingerprint density at radius 3 is 2.95 bits per heavy atom. The summed E-state index contributed by atoms with van der Waals surface area (Å²) in [7, 11) is 0. The number of carbonyl (C=O) groups is 1. The molecule has 1 aromatic carbocycles. The number of hydrogen-bond donors (Lipinski definition) is 2. The predicted octanol–water partition coefficient (Wildman–Crippen LogP) is 2.61. The largest absolute Gasteiger partial charge is 0.494 e. The summed E-state index contributed by atoms with van der Waals surface area (Å²) in [5.74, 6) is 0.940. The van der Waals surface area contributed by atoms with Crippen molar-refractivity contribution >= 4 is 5.91 Å². The van der Waals surface area contributed by atoms with E-state index in [-0.39, 0.29) is 18.4 Å². The highest BCUT2D eigenvalue weighted by molar-refractivity contribution is 5.94. The number of rotatable bonds is 9. The van der Waals surface area contributed by atoms with E-state index in [1.165, 1.54) is 0 Å². The van der Waals surface area contributed by atoms with Crippen LogP contribution in [0.15, 0.2) is 24.3 Å². The summed E-state index contributed by atoms with van der Waals surface area (Å²) < 4.78 is 5.51. The van der Waals surface area contributed by atoms with E-state index in [0.29, 0.717) is 18.7 Å². The molecule has 4 nitrogen and oxygen atoms in total. The molecule has 1 atom stereocenters. The van der Waals surface area contributed by atoms with Gasteiger partial charge in [0.05, 0.1) is 6.61 Å². The second-order valence-electron chi connectivity index (χ2n) is 5.06. The standard InChI is InChI=1S/C16H25NO3/c1-3-10-20-15-8-4-7-14(11-15)16(19)17-9-5-6-13(2)12-18/h4,7-8,11,13,18H,3,5-6,9-10,12H2,1-2H3,(H,17,19). The molecule has 1 rings (SSSR count). The van der Waals surface area contributed by atoms with Gasteiger partial charge in [-0.2, -0.15) is 0 Å². The molecule has 0 aliphatic rings. The average Bonchev–Trinajstić information content (AvgIpc) is 2.49. The summed E-state index contributed by atoms with van der Waals surface area (Å²) in [5, 5.41) is 11.8. The molecule has 0 aliphatic heterocycles. The van der Waals surface area contributed by atoms with Crippen LogP contribution in [-0.4, -0.2) is 30.8 Å². The minimum Gasteiger partial charge on any atom is -0.494 e. The third kappa shape index (κ3) is 6.06. The minimum atomic E-state index is -0.0800. The topological polar surface area (TPSA) is 58.6 Å². The fraction of sp³-hybridized carbons (Fsp3) is 0.562. The van der Waals surface area contributed by atoms with Crippen molar-refractivity contribution in [1.29, 1.82) is 0 Å². The van der Waals surface area contributed by atoms with Crippen LogP contribution >= 0.6 is 0 Å². The van der Waals surface area contributed by atoms with Gasteiger partial charge in [0.2, 0.25) is 0 Å². The molecule has 0 aliphatic carbocycles. The van der Waals surface area contributed by atoms with Crippen molar-refractivity contribution in [2.45, 2.75) is 33.1 Å². The molecule has 4 heteroatoms. The summed E-state index contributed by atoms with van der Waals surface area (Å²) in [6.45, 7) is 5.53. The van der Waals surface area contributed by atoms with Gasteiger partial charge in [-0.15, -0.1) is 0 Å². The summed E-state index contributed by atoms with van der Waals surface area (Å²) in [5.41, 5.74) is 0.619. The number of nitrogens with one attached hydrogen (secondary N) is 1. The van der Waals surface area contributed by atoms with Gasteiger partial charge in [-0.25, -0.2) is 0 Å².